The first-order chi connectivity index (χ1) is 16.7. The number of Topliss-reactive ketones (excluding diaryl/α,β-unsaturated/α-hetero) is 1. The molecule has 1 aliphatic heterocycles. The van der Waals surface area contributed by atoms with Crippen molar-refractivity contribution in [2.75, 3.05) is 43.4 Å². The molecule has 0 saturated carbocycles. The highest BCUT2D eigenvalue weighted by molar-refractivity contribution is 5.99. The van der Waals surface area contributed by atoms with Crippen molar-refractivity contribution in [2.45, 2.75) is 32.8 Å². The number of piperazine rings is 1. The van der Waals surface area contributed by atoms with E-state index in [9.17, 15) is 9.59 Å². The molecule has 2 aromatic heterocycles. The number of nitrogens with one attached hydrogen (secondary N) is 1. The number of hydrogen-bond acceptors (Lipinski definition) is 7. The zero-order valence-corrected chi connectivity index (χ0v) is 20.7. The summed E-state index contributed by atoms with van der Waals surface area (Å²) in [6, 6.07) is 12.8. The highest BCUT2D eigenvalue weighted by atomic mass is 16.6. The molecule has 8 heteroatoms. The minimum atomic E-state index is -0.634. The molecule has 35 heavy (non-hydrogen) atoms. The summed E-state index contributed by atoms with van der Waals surface area (Å²) in [5.74, 6) is 1.47. The molecule has 1 aromatic carbocycles. The molecular formula is C27H32N4O4. The van der Waals surface area contributed by atoms with E-state index in [0.29, 0.717) is 22.6 Å². The summed E-state index contributed by atoms with van der Waals surface area (Å²) >= 11 is 0. The molecule has 1 saturated heterocycles. The lowest BCUT2D eigenvalue weighted by molar-refractivity contribution is 0.0635. The van der Waals surface area contributed by atoms with Gasteiger partial charge in [0.1, 0.15) is 17.2 Å². The Morgan fingerprint density at radius 3 is 2.49 bits per heavy atom. The lowest BCUT2D eigenvalue weighted by atomic mass is 9.99. The summed E-state index contributed by atoms with van der Waals surface area (Å²) in [6.45, 7) is 9.21. The molecule has 0 atom stereocenters. The second kappa shape index (κ2) is 10.3. The van der Waals surface area contributed by atoms with Gasteiger partial charge in [0, 0.05) is 55.6 Å². The third-order valence-electron chi connectivity index (χ3n) is 5.79. The fourth-order valence-electron chi connectivity index (χ4n) is 3.92. The van der Waals surface area contributed by atoms with Crippen LogP contribution < -0.4 is 10.2 Å². The summed E-state index contributed by atoms with van der Waals surface area (Å²) in [4.78, 5) is 34.6. The molecule has 3 aromatic rings. The highest BCUT2D eigenvalue weighted by Crippen LogP contribution is 2.27. The predicted octanol–water partition coefficient (Wildman–Crippen LogP) is 4.87. The van der Waals surface area contributed by atoms with Crippen LogP contribution in [0.4, 0.5) is 16.3 Å². The van der Waals surface area contributed by atoms with E-state index in [0.717, 1.165) is 37.6 Å². The van der Waals surface area contributed by atoms with E-state index >= 15 is 0 Å². The SMILES string of the molecule is CN1CCN(c2ccc(C(=O)Cc3cc(-c4ccco4)ccc3NC(=O)OC(C)(C)C)cn2)CC1. The number of aromatic nitrogens is 1. The average molecular weight is 477 g/mol. The average Bonchev–Trinajstić information content (AvgIpc) is 3.35. The first-order valence-corrected chi connectivity index (χ1v) is 11.8. The molecule has 0 aliphatic carbocycles. The summed E-state index contributed by atoms with van der Waals surface area (Å²) in [7, 11) is 2.11. The van der Waals surface area contributed by atoms with Crippen molar-refractivity contribution < 1.29 is 18.7 Å². The Bertz CT molecular complexity index is 1160. The second-order valence-corrected chi connectivity index (χ2v) is 9.77. The normalized spacial score (nSPS) is 14.6. The van der Waals surface area contributed by atoms with Gasteiger partial charge in [-0.15, -0.1) is 0 Å². The zero-order chi connectivity index (χ0) is 25.0. The van der Waals surface area contributed by atoms with Crippen molar-refractivity contribution in [2.24, 2.45) is 0 Å². The van der Waals surface area contributed by atoms with Gasteiger partial charge in [0.2, 0.25) is 0 Å². The number of benzene rings is 1. The van der Waals surface area contributed by atoms with Gasteiger partial charge in [-0.1, -0.05) is 0 Å². The van der Waals surface area contributed by atoms with Crippen LogP contribution >= 0.6 is 0 Å². The lowest BCUT2D eigenvalue weighted by Gasteiger charge is -2.33. The van der Waals surface area contributed by atoms with Crippen LogP contribution in [-0.4, -0.2) is 60.6 Å². The molecule has 8 nitrogen and oxygen atoms in total. The lowest BCUT2D eigenvalue weighted by Crippen LogP contribution is -2.44. The van der Waals surface area contributed by atoms with Gasteiger partial charge < -0.3 is 19.0 Å². The van der Waals surface area contributed by atoms with Gasteiger partial charge in [0.25, 0.3) is 0 Å². The molecule has 1 fully saturated rings. The van der Waals surface area contributed by atoms with E-state index in [-0.39, 0.29) is 12.2 Å². The van der Waals surface area contributed by atoms with Crippen molar-refractivity contribution in [3.8, 4) is 11.3 Å². The van der Waals surface area contributed by atoms with Crippen LogP contribution in [0.5, 0.6) is 0 Å². The van der Waals surface area contributed by atoms with Crippen LogP contribution in [-0.2, 0) is 11.2 Å². The van der Waals surface area contributed by atoms with Crippen LogP contribution in [0.15, 0.2) is 59.3 Å². The third-order valence-corrected chi connectivity index (χ3v) is 5.79. The fourth-order valence-corrected chi connectivity index (χ4v) is 3.92. The molecular weight excluding hydrogens is 444 g/mol. The second-order valence-electron chi connectivity index (χ2n) is 9.77. The number of nitrogens with zero attached hydrogens (tertiary/aromatic N) is 3. The number of carbonyl (C=O) groups is 2. The maximum absolute atomic E-state index is 13.2. The first kappa shape index (κ1) is 24.5. The Morgan fingerprint density at radius 2 is 1.86 bits per heavy atom. The van der Waals surface area contributed by atoms with Crippen LogP contribution in [0.3, 0.4) is 0 Å². The van der Waals surface area contributed by atoms with E-state index in [1.807, 2.05) is 30.3 Å². The maximum Gasteiger partial charge on any atom is 0.412 e. The Balaban J connectivity index is 1.53. The topological polar surface area (TPSA) is 87.9 Å². The summed E-state index contributed by atoms with van der Waals surface area (Å²) in [6.07, 6.45) is 2.75. The van der Waals surface area contributed by atoms with Gasteiger partial charge in [-0.3, -0.25) is 10.1 Å². The monoisotopic (exact) mass is 476 g/mol. The maximum atomic E-state index is 13.2. The van der Waals surface area contributed by atoms with Crippen molar-refractivity contribution in [3.63, 3.8) is 0 Å². The van der Waals surface area contributed by atoms with E-state index in [2.05, 4.69) is 27.1 Å². The predicted molar refractivity (Wildman–Crippen MR) is 136 cm³/mol. The Labute approximate surface area is 205 Å². The van der Waals surface area contributed by atoms with E-state index in [1.54, 1.807) is 45.4 Å². The summed E-state index contributed by atoms with van der Waals surface area (Å²) in [5.41, 5.74) is 1.89. The van der Waals surface area contributed by atoms with Crippen LogP contribution in [0.1, 0.15) is 36.7 Å². The third kappa shape index (κ3) is 6.48. The fraction of sp³-hybridized carbons (Fsp3) is 0.370. The van der Waals surface area contributed by atoms with E-state index in [4.69, 9.17) is 9.15 Å². The van der Waals surface area contributed by atoms with Gasteiger partial charge in [0.15, 0.2) is 5.78 Å². The Hall–Kier alpha value is -3.65. The molecule has 1 amide bonds. The molecule has 0 spiro atoms. The smallest absolute Gasteiger partial charge is 0.412 e. The van der Waals surface area contributed by atoms with Gasteiger partial charge in [-0.05, 0) is 75.8 Å². The molecule has 4 rings (SSSR count). The number of ether oxygens (including phenoxy) is 1. The number of furan rings is 1. The molecule has 1 N–H and O–H groups in total. The molecule has 3 heterocycles. The van der Waals surface area contributed by atoms with E-state index in [1.165, 1.54) is 0 Å². The van der Waals surface area contributed by atoms with Crippen molar-refractivity contribution in [3.05, 3.63) is 66.1 Å². The largest absolute Gasteiger partial charge is 0.464 e. The van der Waals surface area contributed by atoms with Crippen LogP contribution in [0.2, 0.25) is 0 Å². The number of hydrogen-bond donors (Lipinski definition) is 1. The van der Waals surface area contributed by atoms with Crippen molar-refractivity contribution >= 4 is 23.4 Å². The molecule has 184 valence electrons. The minimum absolute atomic E-state index is 0.0914. The quantitative estimate of drug-likeness (QED) is 0.508. The molecule has 0 bridgehead atoms. The van der Waals surface area contributed by atoms with Gasteiger partial charge >= 0.3 is 6.09 Å². The standard InChI is InChI=1S/C27H32N4O4/c1-27(2,3)35-26(33)29-22-9-7-19(24-6-5-15-34-24)16-21(22)17-23(32)20-8-10-25(28-18-20)31-13-11-30(4)12-14-31/h5-10,15-16,18H,11-14,17H2,1-4H3,(H,29,33). The number of anilines is 2. The van der Waals surface area contributed by atoms with Gasteiger partial charge in [0.05, 0.1) is 6.26 Å². The minimum Gasteiger partial charge on any atom is -0.464 e. The van der Waals surface area contributed by atoms with Gasteiger partial charge in [-0.25, -0.2) is 9.78 Å². The zero-order valence-electron chi connectivity index (χ0n) is 20.7. The number of carbonyl (C=O) groups excluding carboxylic acids is 2. The number of ketones is 1. The van der Waals surface area contributed by atoms with Crippen LogP contribution in [0, 0.1) is 0 Å². The van der Waals surface area contributed by atoms with Gasteiger partial charge in [-0.2, -0.15) is 0 Å². The summed E-state index contributed by atoms with van der Waals surface area (Å²) < 4.78 is 10.9. The van der Waals surface area contributed by atoms with E-state index < -0.39 is 11.7 Å². The molecule has 1 aliphatic rings. The summed E-state index contributed by atoms with van der Waals surface area (Å²) in [5, 5.41) is 2.78. The van der Waals surface area contributed by atoms with Crippen molar-refractivity contribution in [1.82, 2.24) is 9.88 Å². The molecule has 0 radical (unpaired) electrons. The number of pyridine rings is 1. The number of rotatable bonds is 6. The Kier molecular flexibility index (Phi) is 7.21. The number of amides is 1. The molecule has 0 unspecified atom stereocenters. The Morgan fingerprint density at radius 1 is 1.09 bits per heavy atom. The van der Waals surface area contributed by atoms with Crippen molar-refractivity contribution in [1.29, 1.82) is 0 Å². The highest BCUT2D eigenvalue weighted by Gasteiger charge is 2.20. The first-order valence-electron chi connectivity index (χ1n) is 11.8. The number of likely N-dealkylation sites (N-methyl/N-ethyl adjacent to an activating group) is 1. The van der Waals surface area contributed by atoms with Crippen LogP contribution in [0.25, 0.3) is 11.3 Å².